The van der Waals surface area contributed by atoms with Crippen LogP contribution in [0.15, 0.2) is 42.5 Å². The zero-order valence-corrected chi connectivity index (χ0v) is 9.76. The minimum atomic E-state index is -0.399. The lowest BCUT2D eigenvalue weighted by Crippen LogP contribution is -2.28. The first-order valence-electron chi connectivity index (χ1n) is 6.25. The number of hydrogen-bond acceptors (Lipinski definition) is 2. The molecular formula is C15H17NO. The normalized spacial score (nSPS) is 21.8. The molecule has 2 aromatic carbocycles. The second-order valence-electron chi connectivity index (χ2n) is 4.72. The Kier molecular flexibility index (Phi) is 2.83. The molecule has 1 saturated heterocycles. The van der Waals surface area contributed by atoms with Gasteiger partial charge in [-0.2, -0.15) is 0 Å². The molecule has 0 aromatic heterocycles. The molecule has 2 unspecified atom stereocenters. The summed E-state index contributed by atoms with van der Waals surface area (Å²) < 4.78 is 0. The van der Waals surface area contributed by atoms with Crippen LogP contribution in [0.25, 0.3) is 10.8 Å². The minimum Gasteiger partial charge on any atom is -0.387 e. The Morgan fingerprint density at radius 3 is 2.76 bits per heavy atom. The number of benzene rings is 2. The monoisotopic (exact) mass is 227 g/mol. The van der Waals surface area contributed by atoms with Gasteiger partial charge in [-0.25, -0.2) is 0 Å². The Balaban J connectivity index is 2.04. The highest BCUT2D eigenvalue weighted by atomic mass is 16.3. The van der Waals surface area contributed by atoms with E-state index in [1.165, 1.54) is 5.39 Å². The topological polar surface area (TPSA) is 32.3 Å². The van der Waals surface area contributed by atoms with Crippen molar-refractivity contribution in [2.75, 3.05) is 6.54 Å². The fourth-order valence-corrected chi connectivity index (χ4v) is 2.71. The van der Waals surface area contributed by atoms with E-state index in [0.717, 1.165) is 30.3 Å². The first-order chi connectivity index (χ1) is 8.36. The Morgan fingerprint density at radius 2 is 1.94 bits per heavy atom. The third kappa shape index (κ3) is 1.94. The van der Waals surface area contributed by atoms with Crippen LogP contribution in [0.5, 0.6) is 0 Å². The van der Waals surface area contributed by atoms with E-state index < -0.39 is 6.10 Å². The van der Waals surface area contributed by atoms with Crippen LogP contribution in [0.4, 0.5) is 0 Å². The molecule has 3 rings (SSSR count). The fraction of sp³-hybridized carbons (Fsp3) is 0.333. The highest BCUT2D eigenvalue weighted by Crippen LogP contribution is 2.28. The maximum absolute atomic E-state index is 10.5. The van der Waals surface area contributed by atoms with Crippen molar-refractivity contribution in [3.8, 4) is 0 Å². The molecule has 1 fully saturated rings. The molecule has 2 atom stereocenters. The number of nitrogens with one attached hydrogen (secondary N) is 1. The molecular weight excluding hydrogens is 210 g/mol. The molecule has 88 valence electrons. The van der Waals surface area contributed by atoms with Gasteiger partial charge in [-0.15, -0.1) is 0 Å². The van der Waals surface area contributed by atoms with E-state index in [4.69, 9.17) is 0 Å². The molecule has 1 aliphatic rings. The lowest BCUT2D eigenvalue weighted by Gasteiger charge is -2.20. The van der Waals surface area contributed by atoms with Gasteiger partial charge in [0.15, 0.2) is 0 Å². The van der Waals surface area contributed by atoms with Crippen molar-refractivity contribution in [3.63, 3.8) is 0 Å². The van der Waals surface area contributed by atoms with Crippen LogP contribution in [0, 0.1) is 0 Å². The summed E-state index contributed by atoms with van der Waals surface area (Å²) in [6.07, 6.45) is 1.82. The third-order valence-electron chi connectivity index (χ3n) is 3.62. The summed E-state index contributed by atoms with van der Waals surface area (Å²) in [6.45, 7) is 1.02. The van der Waals surface area contributed by atoms with Gasteiger partial charge in [0.2, 0.25) is 0 Å². The number of rotatable bonds is 2. The lowest BCUT2D eigenvalue weighted by molar-refractivity contribution is 0.139. The molecule has 2 N–H and O–H groups in total. The van der Waals surface area contributed by atoms with E-state index >= 15 is 0 Å². The van der Waals surface area contributed by atoms with E-state index in [1.54, 1.807) is 0 Å². The summed E-state index contributed by atoms with van der Waals surface area (Å²) in [5, 5.41) is 16.2. The molecule has 0 radical (unpaired) electrons. The largest absolute Gasteiger partial charge is 0.387 e. The Bertz CT molecular complexity index is 512. The zero-order valence-electron chi connectivity index (χ0n) is 9.76. The van der Waals surface area contributed by atoms with Gasteiger partial charge >= 0.3 is 0 Å². The second-order valence-corrected chi connectivity index (χ2v) is 4.72. The van der Waals surface area contributed by atoms with Crippen molar-refractivity contribution in [2.24, 2.45) is 0 Å². The van der Waals surface area contributed by atoms with E-state index in [1.807, 2.05) is 24.3 Å². The molecule has 0 spiro atoms. The van der Waals surface area contributed by atoms with Gasteiger partial charge in [-0.3, -0.25) is 0 Å². The molecule has 2 heteroatoms. The molecule has 0 saturated carbocycles. The van der Waals surface area contributed by atoms with Crippen LogP contribution in [0.2, 0.25) is 0 Å². The quantitative estimate of drug-likeness (QED) is 0.826. The first-order valence-corrected chi connectivity index (χ1v) is 6.25. The van der Waals surface area contributed by atoms with Crippen LogP contribution in [-0.2, 0) is 0 Å². The van der Waals surface area contributed by atoms with Crippen LogP contribution in [-0.4, -0.2) is 17.7 Å². The van der Waals surface area contributed by atoms with Crippen molar-refractivity contribution in [2.45, 2.75) is 25.0 Å². The highest BCUT2D eigenvalue weighted by molar-refractivity contribution is 5.86. The molecule has 0 bridgehead atoms. The van der Waals surface area contributed by atoms with Gasteiger partial charge in [0.05, 0.1) is 6.10 Å². The summed E-state index contributed by atoms with van der Waals surface area (Å²) in [5.74, 6) is 0. The summed E-state index contributed by atoms with van der Waals surface area (Å²) in [7, 11) is 0. The molecule has 1 heterocycles. The highest BCUT2D eigenvalue weighted by Gasteiger charge is 2.24. The fourth-order valence-electron chi connectivity index (χ4n) is 2.71. The molecule has 17 heavy (non-hydrogen) atoms. The van der Waals surface area contributed by atoms with Gasteiger partial charge in [0, 0.05) is 6.04 Å². The van der Waals surface area contributed by atoms with E-state index in [9.17, 15) is 5.11 Å². The summed E-state index contributed by atoms with van der Waals surface area (Å²) in [4.78, 5) is 0. The zero-order chi connectivity index (χ0) is 11.7. The van der Waals surface area contributed by atoms with E-state index in [0.29, 0.717) is 0 Å². The number of hydrogen-bond donors (Lipinski definition) is 2. The maximum Gasteiger partial charge on any atom is 0.0948 e. The van der Waals surface area contributed by atoms with Crippen molar-refractivity contribution in [1.29, 1.82) is 0 Å². The van der Waals surface area contributed by atoms with Crippen LogP contribution >= 0.6 is 0 Å². The molecule has 1 aliphatic heterocycles. The molecule has 0 amide bonds. The first kappa shape index (κ1) is 10.8. The molecule has 2 aromatic rings. The minimum absolute atomic E-state index is 0.209. The standard InChI is InChI=1S/C15H17NO/c17-15(14-9-4-10-16-14)13-8-3-6-11-5-1-2-7-12(11)13/h1-3,5-8,14-17H,4,9-10H2. The number of aliphatic hydroxyl groups is 1. The van der Waals surface area contributed by atoms with Gasteiger partial charge in [0.1, 0.15) is 0 Å². The Morgan fingerprint density at radius 1 is 1.12 bits per heavy atom. The van der Waals surface area contributed by atoms with E-state index in [-0.39, 0.29) is 6.04 Å². The average Bonchev–Trinajstić information content (AvgIpc) is 2.91. The van der Waals surface area contributed by atoms with Crippen molar-refractivity contribution >= 4 is 10.8 Å². The lowest BCUT2D eigenvalue weighted by atomic mass is 9.95. The predicted molar refractivity (Wildman–Crippen MR) is 69.9 cm³/mol. The van der Waals surface area contributed by atoms with Gasteiger partial charge in [-0.1, -0.05) is 42.5 Å². The van der Waals surface area contributed by atoms with Crippen molar-refractivity contribution < 1.29 is 5.11 Å². The summed E-state index contributed by atoms with van der Waals surface area (Å²) >= 11 is 0. The summed E-state index contributed by atoms with van der Waals surface area (Å²) in [6, 6.07) is 14.6. The Labute approximate surface area is 101 Å². The van der Waals surface area contributed by atoms with Crippen molar-refractivity contribution in [1.82, 2.24) is 5.32 Å². The smallest absolute Gasteiger partial charge is 0.0948 e. The van der Waals surface area contributed by atoms with Gasteiger partial charge < -0.3 is 10.4 Å². The Hall–Kier alpha value is -1.38. The number of aliphatic hydroxyl groups excluding tert-OH is 1. The predicted octanol–water partition coefficient (Wildman–Crippen LogP) is 2.63. The van der Waals surface area contributed by atoms with Gasteiger partial charge in [-0.05, 0) is 35.7 Å². The van der Waals surface area contributed by atoms with Crippen molar-refractivity contribution in [3.05, 3.63) is 48.0 Å². The van der Waals surface area contributed by atoms with Crippen LogP contribution in [0.1, 0.15) is 24.5 Å². The van der Waals surface area contributed by atoms with E-state index in [2.05, 4.69) is 23.5 Å². The summed E-state index contributed by atoms with van der Waals surface area (Å²) in [5.41, 5.74) is 1.04. The number of fused-ring (bicyclic) bond motifs is 1. The molecule has 2 nitrogen and oxygen atoms in total. The average molecular weight is 227 g/mol. The van der Waals surface area contributed by atoms with Crippen LogP contribution in [0.3, 0.4) is 0 Å². The third-order valence-corrected chi connectivity index (χ3v) is 3.62. The molecule has 0 aliphatic carbocycles. The SMILES string of the molecule is OC(c1cccc2ccccc12)C1CCCN1. The second kappa shape index (κ2) is 4.47. The van der Waals surface area contributed by atoms with Crippen LogP contribution < -0.4 is 5.32 Å². The maximum atomic E-state index is 10.5. The van der Waals surface area contributed by atoms with Gasteiger partial charge in [0.25, 0.3) is 0 Å².